The van der Waals surface area contributed by atoms with E-state index in [0.29, 0.717) is 30.6 Å². The van der Waals surface area contributed by atoms with Crippen molar-refractivity contribution in [2.75, 3.05) is 32.5 Å². The molecule has 0 atom stereocenters. The number of ketones is 1. The number of amides is 2. The van der Waals surface area contributed by atoms with Gasteiger partial charge in [0.1, 0.15) is 0 Å². The van der Waals surface area contributed by atoms with Crippen molar-refractivity contribution in [3.05, 3.63) is 29.8 Å². The van der Waals surface area contributed by atoms with Crippen LogP contribution >= 0.6 is 0 Å². The van der Waals surface area contributed by atoms with Crippen molar-refractivity contribution in [2.24, 2.45) is 11.8 Å². The number of nitrogens with one attached hydrogen (secondary N) is 2. The summed E-state index contributed by atoms with van der Waals surface area (Å²) in [5, 5.41) is 5.92. The third-order valence-electron chi connectivity index (χ3n) is 5.09. The van der Waals surface area contributed by atoms with Gasteiger partial charge in [-0.1, -0.05) is 12.1 Å². The van der Waals surface area contributed by atoms with Crippen molar-refractivity contribution in [3.8, 4) is 0 Å². The number of carbonyl (C=O) groups excluding carboxylic acids is 3. The molecule has 148 valence electrons. The average molecular weight is 373 g/mol. The van der Waals surface area contributed by atoms with E-state index in [-0.39, 0.29) is 29.4 Å². The molecular weight excluding hydrogens is 342 g/mol. The highest BCUT2D eigenvalue weighted by molar-refractivity contribution is 5.97. The summed E-state index contributed by atoms with van der Waals surface area (Å²) in [7, 11) is 4.04. The van der Waals surface area contributed by atoms with E-state index in [1.54, 1.807) is 24.3 Å². The van der Waals surface area contributed by atoms with Crippen molar-refractivity contribution in [2.45, 2.75) is 39.0 Å². The van der Waals surface area contributed by atoms with E-state index in [2.05, 4.69) is 15.5 Å². The molecule has 2 rings (SSSR count). The largest absolute Gasteiger partial charge is 0.356 e. The van der Waals surface area contributed by atoms with Crippen molar-refractivity contribution >= 4 is 23.3 Å². The maximum atomic E-state index is 12.5. The molecule has 2 amide bonds. The minimum Gasteiger partial charge on any atom is -0.356 e. The summed E-state index contributed by atoms with van der Waals surface area (Å²) in [4.78, 5) is 38.3. The van der Waals surface area contributed by atoms with Gasteiger partial charge in [0.15, 0.2) is 5.78 Å². The fraction of sp³-hybridized carbons (Fsp3) is 0.571. The normalized spacial score (nSPS) is 19.6. The summed E-state index contributed by atoms with van der Waals surface area (Å²) in [5.41, 5.74) is 1.23. The number of benzene rings is 1. The predicted octanol–water partition coefficient (Wildman–Crippen LogP) is 2.70. The second kappa shape index (κ2) is 10.2. The van der Waals surface area contributed by atoms with Gasteiger partial charge >= 0.3 is 0 Å². The van der Waals surface area contributed by atoms with Crippen LogP contribution in [0.4, 0.5) is 5.69 Å². The first-order chi connectivity index (χ1) is 12.9. The standard InChI is InChI=1S/C21H31N3O3/c1-15(25)18-6-4-7-19(14-18)23-21(27)17-10-8-16(9-11-17)20(26)22-12-5-13-24(2)3/h4,6-7,14,16-17H,5,8-13H2,1-3H3,(H,22,26)(H,23,27). The molecule has 1 aliphatic rings. The van der Waals surface area contributed by atoms with Gasteiger partial charge in [-0.05, 0) is 71.8 Å². The summed E-state index contributed by atoms with van der Waals surface area (Å²) < 4.78 is 0. The number of hydrogen-bond acceptors (Lipinski definition) is 4. The molecule has 1 fully saturated rings. The van der Waals surface area contributed by atoms with Crippen LogP contribution in [0, 0.1) is 11.8 Å². The molecule has 6 heteroatoms. The Hall–Kier alpha value is -2.21. The van der Waals surface area contributed by atoms with Crippen LogP contribution in [-0.4, -0.2) is 49.7 Å². The number of rotatable bonds is 8. The molecule has 0 heterocycles. The van der Waals surface area contributed by atoms with Gasteiger partial charge in [-0.3, -0.25) is 14.4 Å². The summed E-state index contributed by atoms with van der Waals surface area (Å²) >= 11 is 0. The smallest absolute Gasteiger partial charge is 0.227 e. The summed E-state index contributed by atoms with van der Waals surface area (Å²) in [6.07, 6.45) is 3.86. The van der Waals surface area contributed by atoms with E-state index in [1.165, 1.54) is 6.92 Å². The third kappa shape index (κ3) is 6.79. The molecule has 27 heavy (non-hydrogen) atoms. The molecule has 6 nitrogen and oxygen atoms in total. The van der Waals surface area contributed by atoms with E-state index in [4.69, 9.17) is 0 Å². The first-order valence-corrected chi connectivity index (χ1v) is 9.71. The van der Waals surface area contributed by atoms with Crippen LogP contribution in [0.2, 0.25) is 0 Å². The first kappa shape index (κ1) is 21.1. The topological polar surface area (TPSA) is 78.5 Å². The van der Waals surface area contributed by atoms with Crippen LogP contribution < -0.4 is 10.6 Å². The van der Waals surface area contributed by atoms with Crippen molar-refractivity contribution in [1.29, 1.82) is 0 Å². The number of Topliss-reactive ketones (excluding diaryl/α,β-unsaturated/α-hetero) is 1. The predicted molar refractivity (Wildman–Crippen MR) is 107 cm³/mol. The maximum absolute atomic E-state index is 12.5. The van der Waals surface area contributed by atoms with E-state index < -0.39 is 0 Å². The second-order valence-corrected chi connectivity index (χ2v) is 7.62. The highest BCUT2D eigenvalue weighted by Gasteiger charge is 2.29. The van der Waals surface area contributed by atoms with Gasteiger partial charge in [-0.15, -0.1) is 0 Å². The molecule has 0 saturated heterocycles. The fourth-order valence-corrected chi connectivity index (χ4v) is 3.43. The number of nitrogens with zero attached hydrogens (tertiary/aromatic N) is 1. The lowest BCUT2D eigenvalue weighted by Crippen LogP contribution is -2.36. The van der Waals surface area contributed by atoms with Crippen LogP contribution in [0.25, 0.3) is 0 Å². The second-order valence-electron chi connectivity index (χ2n) is 7.62. The zero-order chi connectivity index (χ0) is 19.8. The van der Waals surface area contributed by atoms with Gasteiger partial charge in [0.2, 0.25) is 11.8 Å². The van der Waals surface area contributed by atoms with Crippen LogP contribution in [-0.2, 0) is 9.59 Å². The van der Waals surface area contributed by atoms with Gasteiger partial charge in [0, 0.05) is 29.6 Å². The van der Waals surface area contributed by atoms with Crippen LogP contribution in [0.3, 0.4) is 0 Å². The van der Waals surface area contributed by atoms with Gasteiger partial charge in [0.05, 0.1) is 0 Å². The van der Waals surface area contributed by atoms with E-state index >= 15 is 0 Å². The Morgan fingerprint density at radius 3 is 2.26 bits per heavy atom. The Morgan fingerprint density at radius 1 is 1.04 bits per heavy atom. The van der Waals surface area contributed by atoms with Crippen LogP contribution in [0.15, 0.2) is 24.3 Å². The molecule has 0 bridgehead atoms. The van der Waals surface area contributed by atoms with E-state index in [9.17, 15) is 14.4 Å². The zero-order valence-corrected chi connectivity index (χ0v) is 16.6. The monoisotopic (exact) mass is 373 g/mol. The van der Waals surface area contributed by atoms with E-state index in [1.807, 2.05) is 14.1 Å². The summed E-state index contributed by atoms with van der Waals surface area (Å²) in [6.45, 7) is 3.16. The van der Waals surface area contributed by atoms with Crippen LogP contribution in [0.5, 0.6) is 0 Å². The lowest BCUT2D eigenvalue weighted by Gasteiger charge is -2.27. The quantitative estimate of drug-likeness (QED) is 0.542. The molecule has 0 spiro atoms. The molecular formula is C21H31N3O3. The van der Waals surface area contributed by atoms with E-state index in [0.717, 1.165) is 25.8 Å². The number of carbonyl (C=O) groups is 3. The average Bonchev–Trinajstić information content (AvgIpc) is 2.65. The molecule has 1 aromatic carbocycles. The Balaban J connectivity index is 1.76. The number of hydrogen-bond donors (Lipinski definition) is 2. The van der Waals surface area contributed by atoms with Gasteiger partial charge in [-0.25, -0.2) is 0 Å². The first-order valence-electron chi connectivity index (χ1n) is 9.71. The highest BCUT2D eigenvalue weighted by atomic mass is 16.2. The Bertz CT molecular complexity index is 664. The Morgan fingerprint density at radius 2 is 1.67 bits per heavy atom. The molecule has 1 aliphatic carbocycles. The molecule has 0 aliphatic heterocycles. The molecule has 0 unspecified atom stereocenters. The molecule has 1 saturated carbocycles. The van der Waals surface area contributed by atoms with Crippen molar-refractivity contribution in [1.82, 2.24) is 10.2 Å². The molecule has 2 N–H and O–H groups in total. The lowest BCUT2D eigenvalue weighted by atomic mass is 9.81. The summed E-state index contributed by atoms with van der Waals surface area (Å²) in [6, 6.07) is 6.99. The Kier molecular flexibility index (Phi) is 7.98. The number of anilines is 1. The highest BCUT2D eigenvalue weighted by Crippen LogP contribution is 2.30. The fourth-order valence-electron chi connectivity index (χ4n) is 3.43. The minimum absolute atomic E-state index is 0.00875. The third-order valence-corrected chi connectivity index (χ3v) is 5.09. The van der Waals surface area contributed by atoms with Gasteiger partial charge in [-0.2, -0.15) is 0 Å². The lowest BCUT2D eigenvalue weighted by molar-refractivity contribution is -0.128. The molecule has 0 aromatic heterocycles. The van der Waals surface area contributed by atoms with Crippen LogP contribution in [0.1, 0.15) is 49.4 Å². The maximum Gasteiger partial charge on any atom is 0.227 e. The Labute approximate surface area is 161 Å². The molecule has 0 radical (unpaired) electrons. The zero-order valence-electron chi connectivity index (χ0n) is 16.6. The van der Waals surface area contributed by atoms with Gasteiger partial charge < -0.3 is 15.5 Å². The minimum atomic E-state index is -0.0798. The summed E-state index contributed by atoms with van der Waals surface area (Å²) in [5.74, 6) is -0.0104. The molecule has 1 aromatic rings. The van der Waals surface area contributed by atoms with Gasteiger partial charge in [0.25, 0.3) is 0 Å². The van der Waals surface area contributed by atoms with Crippen molar-refractivity contribution < 1.29 is 14.4 Å². The SMILES string of the molecule is CC(=O)c1cccc(NC(=O)C2CCC(C(=O)NCCCN(C)C)CC2)c1. The van der Waals surface area contributed by atoms with Crippen molar-refractivity contribution in [3.63, 3.8) is 0 Å².